The lowest BCUT2D eigenvalue weighted by molar-refractivity contribution is -0.146. The van der Waals surface area contributed by atoms with Gasteiger partial charge in [-0.2, -0.15) is 0 Å². The fraction of sp³-hybridized carbons (Fsp3) is 0.875. The molecule has 1 fully saturated rings. The summed E-state index contributed by atoms with van der Waals surface area (Å²) in [6, 6.07) is 0. The van der Waals surface area contributed by atoms with E-state index in [1.165, 1.54) is 0 Å². The zero-order valence-electron chi connectivity index (χ0n) is 13.3. The van der Waals surface area contributed by atoms with Crippen LogP contribution in [-0.2, 0) is 9.59 Å². The van der Waals surface area contributed by atoms with E-state index in [2.05, 4.69) is 5.32 Å². The Morgan fingerprint density at radius 2 is 1.71 bits per heavy atom. The number of carboxylic acid groups (broad SMARTS) is 1. The highest BCUT2D eigenvalue weighted by Gasteiger charge is 2.42. The van der Waals surface area contributed by atoms with Gasteiger partial charge in [0.25, 0.3) is 0 Å². The van der Waals surface area contributed by atoms with Gasteiger partial charge in [-0.15, -0.1) is 0 Å². The number of carbonyl (C=O) groups excluding carboxylic acids is 1. The first-order valence-corrected chi connectivity index (χ1v) is 8.12. The van der Waals surface area contributed by atoms with Gasteiger partial charge in [-0.1, -0.05) is 40.0 Å². The molecule has 0 saturated heterocycles. The number of aliphatic hydroxyl groups is 1. The van der Waals surface area contributed by atoms with Crippen LogP contribution in [0.5, 0.6) is 0 Å². The smallest absolute Gasteiger partial charge is 0.307 e. The number of hydrogen-bond donors (Lipinski definition) is 3. The Balaban J connectivity index is 2.55. The molecule has 21 heavy (non-hydrogen) atoms. The second kappa shape index (κ2) is 8.37. The lowest BCUT2D eigenvalue weighted by atomic mass is 9.94. The second-order valence-corrected chi connectivity index (χ2v) is 6.19. The first-order chi connectivity index (χ1) is 9.94. The quantitative estimate of drug-likeness (QED) is 0.640. The van der Waals surface area contributed by atoms with Gasteiger partial charge in [0, 0.05) is 6.54 Å². The van der Waals surface area contributed by atoms with Crippen molar-refractivity contribution in [2.45, 2.75) is 59.0 Å². The Bertz CT molecular complexity index is 354. The third kappa shape index (κ3) is 4.70. The molecule has 0 radical (unpaired) electrons. The summed E-state index contributed by atoms with van der Waals surface area (Å²) in [5, 5.41) is 22.1. The Labute approximate surface area is 127 Å². The number of carbonyl (C=O) groups is 2. The molecule has 122 valence electrons. The average Bonchev–Trinajstić information content (AvgIpc) is 2.90. The van der Waals surface area contributed by atoms with Crippen LogP contribution in [0.4, 0.5) is 0 Å². The van der Waals surface area contributed by atoms with Crippen molar-refractivity contribution in [2.24, 2.45) is 23.7 Å². The largest absolute Gasteiger partial charge is 0.481 e. The van der Waals surface area contributed by atoms with Gasteiger partial charge < -0.3 is 15.5 Å². The van der Waals surface area contributed by atoms with E-state index in [0.717, 1.165) is 19.3 Å². The summed E-state index contributed by atoms with van der Waals surface area (Å²) in [6.07, 6.45) is 3.30. The highest BCUT2D eigenvalue weighted by Crippen LogP contribution is 2.38. The minimum atomic E-state index is -0.883. The van der Waals surface area contributed by atoms with Gasteiger partial charge in [0.1, 0.15) is 0 Å². The minimum Gasteiger partial charge on any atom is -0.481 e. The molecule has 1 rings (SSSR count). The molecule has 4 atom stereocenters. The molecule has 1 aliphatic rings. The molecule has 0 aromatic rings. The van der Waals surface area contributed by atoms with Gasteiger partial charge >= 0.3 is 5.97 Å². The second-order valence-electron chi connectivity index (χ2n) is 6.19. The van der Waals surface area contributed by atoms with Crippen LogP contribution >= 0.6 is 0 Å². The van der Waals surface area contributed by atoms with E-state index < -0.39 is 23.9 Å². The molecule has 2 unspecified atom stereocenters. The van der Waals surface area contributed by atoms with Crippen molar-refractivity contribution in [3.63, 3.8) is 0 Å². The normalized spacial score (nSPS) is 26.8. The van der Waals surface area contributed by atoms with Crippen LogP contribution in [0.2, 0.25) is 0 Å². The van der Waals surface area contributed by atoms with Crippen molar-refractivity contribution in [2.75, 3.05) is 6.54 Å². The number of aliphatic hydroxyl groups excluding tert-OH is 1. The molecule has 3 N–H and O–H groups in total. The van der Waals surface area contributed by atoms with E-state index in [1.807, 2.05) is 20.8 Å². The first-order valence-electron chi connectivity index (χ1n) is 8.12. The third-order valence-corrected chi connectivity index (χ3v) is 4.97. The lowest BCUT2D eigenvalue weighted by Gasteiger charge is -2.22. The number of rotatable bonds is 8. The van der Waals surface area contributed by atoms with E-state index in [4.69, 9.17) is 0 Å². The van der Waals surface area contributed by atoms with Gasteiger partial charge in [0.2, 0.25) is 5.91 Å². The number of carboxylic acids is 1. The van der Waals surface area contributed by atoms with Gasteiger partial charge in [0.15, 0.2) is 0 Å². The van der Waals surface area contributed by atoms with E-state index in [9.17, 15) is 19.8 Å². The molecule has 0 aromatic carbocycles. The van der Waals surface area contributed by atoms with Crippen molar-refractivity contribution >= 4 is 11.9 Å². The molecule has 1 aliphatic carbocycles. The lowest BCUT2D eigenvalue weighted by Crippen LogP contribution is -2.41. The molecule has 0 heterocycles. The summed E-state index contributed by atoms with van der Waals surface area (Å²) in [7, 11) is 0. The van der Waals surface area contributed by atoms with Gasteiger partial charge in [0.05, 0.1) is 17.9 Å². The molecule has 5 heteroatoms. The molecular weight excluding hydrogens is 270 g/mol. The molecule has 0 spiro atoms. The summed E-state index contributed by atoms with van der Waals surface area (Å²) in [6.45, 7) is 6.27. The zero-order chi connectivity index (χ0) is 16.0. The fourth-order valence-corrected chi connectivity index (χ4v) is 3.37. The Kier molecular flexibility index (Phi) is 7.15. The standard InChI is InChI=1S/C16H29NO4/c1-4-10-7-12(13(8-10)16(20)21)15(19)17-9-14(18)11(5-2)6-3/h10-14,18H,4-9H2,1-3H3,(H,17,19)(H,20,21)/t10?,12-,13+,14?/m0/s1. The van der Waals surface area contributed by atoms with E-state index in [0.29, 0.717) is 18.8 Å². The van der Waals surface area contributed by atoms with Gasteiger partial charge in [-0.3, -0.25) is 9.59 Å². The summed E-state index contributed by atoms with van der Waals surface area (Å²) in [4.78, 5) is 23.5. The summed E-state index contributed by atoms with van der Waals surface area (Å²) in [5.74, 6) is -1.66. The molecule has 0 aliphatic heterocycles. The molecule has 0 aromatic heterocycles. The van der Waals surface area contributed by atoms with Crippen LogP contribution in [0.3, 0.4) is 0 Å². The summed E-state index contributed by atoms with van der Waals surface area (Å²) >= 11 is 0. The van der Waals surface area contributed by atoms with Crippen molar-refractivity contribution in [3.05, 3.63) is 0 Å². The molecule has 1 saturated carbocycles. The van der Waals surface area contributed by atoms with Crippen molar-refractivity contribution in [1.29, 1.82) is 0 Å². The molecule has 5 nitrogen and oxygen atoms in total. The monoisotopic (exact) mass is 299 g/mol. The Morgan fingerprint density at radius 1 is 1.14 bits per heavy atom. The molecule has 1 amide bonds. The zero-order valence-corrected chi connectivity index (χ0v) is 13.3. The summed E-state index contributed by atoms with van der Waals surface area (Å²) in [5.41, 5.74) is 0. The van der Waals surface area contributed by atoms with Gasteiger partial charge in [-0.25, -0.2) is 0 Å². The average molecular weight is 299 g/mol. The maximum Gasteiger partial charge on any atom is 0.307 e. The number of aliphatic carboxylic acids is 1. The van der Waals surface area contributed by atoms with E-state index in [-0.39, 0.29) is 18.4 Å². The van der Waals surface area contributed by atoms with Crippen LogP contribution in [0.1, 0.15) is 52.9 Å². The number of hydrogen-bond acceptors (Lipinski definition) is 3. The van der Waals surface area contributed by atoms with Gasteiger partial charge in [-0.05, 0) is 24.7 Å². The van der Waals surface area contributed by atoms with Crippen molar-refractivity contribution in [1.82, 2.24) is 5.32 Å². The Hall–Kier alpha value is -1.10. The number of amides is 1. The predicted octanol–water partition coefficient (Wildman–Crippen LogP) is 2.04. The van der Waals surface area contributed by atoms with Crippen LogP contribution < -0.4 is 5.32 Å². The highest BCUT2D eigenvalue weighted by molar-refractivity contribution is 5.85. The van der Waals surface area contributed by atoms with Crippen LogP contribution in [0.25, 0.3) is 0 Å². The van der Waals surface area contributed by atoms with Crippen molar-refractivity contribution in [3.8, 4) is 0 Å². The SMILES string of the molecule is CCC1C[C@H](C(=O)NCC(O)C(CC)CC)[C@H](C(=O)O)C1. The first kappa shape index (κ1) is 18.0. The third-order valence-electron chi connectivity index (χ3n) is 4.97. The maximum atomic E-state index is 12.2. The molecular formula is C16H29NO4. The fourth-order valence-electron chi connectivity index (χ4n) is 3.37. The minimum absolute atomic E-state index is 0.174. The highest BCUT2D eigenvalue weighted by atomic mass is 16.4. The Morgan fingerprint density at radius 3 is 2.19 bits per heavy atom. The molecule has 0 bridgehead atoms. The predicted molar refractivity (Wildman–Crippen MR) is 80.7 cm³/mol. The van der Waals surface area contributed by atoms with Crippen LogP contribution in [-0.4, -0.2) is 34.7 Å². The summed E-state index contributed by atoms with van der Waals surface area (Å²) < 4.78 is 0. The van der Waals surface area contributed by atoms with Crippen LogP contribution in [0.15, 0.2) is 0 Å². The van der Waals surface area contributed by atoms with Crippen molar-refractivity contribution < 1.29 is 19.8 Å². The topological polar surface area (TPSA) is 86.6 Å². The maximum absolute atomic E-state index is 12.2. The van der Waals surface area contributed by atoms with E-state index >= 15 is 0 Å². The van der Waals surface area contributed by atoms with Crippen LogP contribution in [0, 0.1) is 23.7 Å². The van der Waals surface area contributed by atoms with E-state index in [1.54, 1.807) is 0 Å². The number of nitrogens with one attached hydrogen (secondary N) is 1.